The fraction of sp³-hybridized carbons (Fsp3) is 0.167. The van der Waals surface area contributed by atoms with Crippen molar-refractivity contribution in [2.45, 2.75) is 28.7 Å². The molecular formula is C30H29N5O4S4. The number of para-hydroxylation sites is 2. The largest absolute Gasteiger partial charge is 0.487 e. The number of aromatic nitrogens is 5. The molecule has 9 nitrogen and oxygen atoms in total. The van der Waals surface area contributed by atoms with Crippen LogP contribution in [-0.4, -0.2) is 44.0 Å². The molecule has 0 atom stereocenters. The van der Waals surface area contributed by atoms with E-state index in [-0.39, 0.29) is 11.1 Å². The molecule has 3 heterocycles. The Morgan fingerprint density at radius 3 is 1.58 bits per heavy atom. The maximum absolute atomic E-state index is 12.7. The summed E-state index contributed by atoms with van der Waals surface area (Å²) in [5, 5.41) is 9.33. The van der Waals surface area contributed by atoms with Crippen LogP contribution in [0.4, 0.5) is 0 Å². The summed E-state index contributed by atoms with van der Waals surface area (Å²) in [4.78, 5) is 30.8. The Kier molecular flexibility index (Phi) is 12.6. The van der Waals surface area contributed by atoms with Gasteiger partial charge in [-0.05, 0) is 78.1 Å². The van der Waals surface area contributed by atoms with Crippen molar-refractivity contribution in [3.63, 3.8) is 0 Å². The van der Waals surface area contributed by atoms with Gasteiger partial charge in [-0.2, -0.15) is 19.6 Å². The minimum absolute atomic E-state index is 0.230. The molecule has 5 aromatic rings. The SMILES string of the molecule is CCOc1c(SSC)cnn(-c2ccccc2)c1=O.CCOc1c(SSc2ccccn2)cnn(-c2ccccc2)c1=O. The highest BCUT2D eigenvalue weighted by atomic mass is 33.1. The van der Waals surface area contributed by atoms with E-state index in [2.05, 4.69) is 15.2 Å². The van der Waals surface area contributed by atoms with Crippen LogP contribution in [0.1, 0.15) is 13.8 Å². The Morgan fingerprint density at radius 2 is 1.14 bits per heavy atom. The zero-order valence-corrected chi connectivity index (χ0v) is 26.9. The minimum atomic E-state index is -0.269. The fourth-order valence-electron chi connectivity index (χ4n) is 3.60. The van der Waals surface area contributed by atoms with Gasteiger partial charge in [0.05, 0.1) is 46.8 Å². The predicted octanol–water partition coefficient (Wildman–Crippen LogP) is 6.83. The monoisotopic (exact) mass is 651 g/mol. The van der Waals surface area contributed by atoms with E-state index < -0.39 is 0 Å². The molecule has 13 heteroatoms. The van der Waals surface area contributed by atoms with Crippen molar-refractivity contribution in [3.05, 3.63) is 118 Å². The molecule has 0 aliphatic carbocycles. The van der Waals surface area contributed by atoms with Crippen LogP contribution in [0.25, 0.3) is 11.4 Å². The molecule has 0 bridgehead atoms. The number of benzene rings is 2. The highest BCUT2D eigenvalue weighted by Gasteiger charge is 2.16. The molecular weight excluding hydrogens is 623 g/mol. The molecule has 0 aliphatic heterocycles. The summed E-state index contributed by atoms with van der Waals surface area (Å²) in [6.07, 6.45) is 7.00. The second-order valence-electron chi connectivity index (χ2n) is 8.23. The van der Waals surface area contributed by atoms with E-state index in [1.54, 1.807) is 29.4 Å². The fourth-order valence-corrected chi connectivity index (χ4v) is 6.89. The normalized spacial score (nSPS) is 10.5. The van der Waals surface area contributed by atoms with Crippen molar-refractivity contribution < 1.29 is 9.47 Å². The Hall–Kier alpha value is -3.65. The van der Waals surface area contributed by atoms with Crippen LogP contribution in [0.5, 0.6) is 11.5 Å². The van der Waals surface area contributed by atoms with Gasteiger partial charge in [-0.25, -0.2) is 4.98 Å². The molecule has 3 aromatic heterocycles. The van der Waals surface area contributed by atoms with Crippen molar-refractivity contribution in [3.8, 4) is 22.9 Å². The highest BCUT2D eigenvalue weighted by Crippen LogP contribution is 2.39. The Bertz CT molecular complexity index is 1710. The molecule has 0 spiro atoms. The molecule has 0 saturated carbocycles. The van der Waals surface area contributed by atoms with Crippen LogP contribution in [0.3, 0.4) is 0 Å². The van der Waals surface area contributed by atoms with Gasteiger partial charge < -0.3 is 9.47 Å². The second kappa shape index (κ2) is 16.8. The van der Waals surface area contributed by atoms with E-state index in [0.29, 0.717) is 35.3 Å². The summed E-state index contributed by atoms with van der Waals surface area (Å²) < 4.78 is 13.8. The summed E-state index contributed by atoms with van der Waals surface area (Å²) in [7, 11) is 5.90. The van der Waals surface area contributed by atoms with Gasteiger partial charge in [0.2, 0.25) is 11.5 Å². The van der Waals surface area contributed by atoms with E-state index in [4.69, 9.17) is 9.47 Å². The summed E-state index contributed by atoms with van der Waals surface area (Å²) in [6, 6.07) is 24.3. The highest BCUT2D eigenvalue weighted by molar-refractivity contribution is 8.76. The van der Waals surface area contributed by atoms with Crippen LogP contribution in [0.2, 0.25) is 0 Å². The first-order chi connectivity index (χ1) is 21.1. The van der Waals surface area contributed by atoms with E-state index in [1.807, 2.05) is 99.0 Å². The first-order valence-electron chi connectivity index (χ1n) is 13.1. The first kappa shape index (κ1) is 32.3. The van der Waals surface area contributed by atoms with Gasteiger partial charge in [0, 0.05) is 6.20 Å². The van der Waals surface area contributed by atoms with Crippen LogP contribution < -0.4 is 20.6 Å². The summed E-state index contributed by atoms with van der Waals surface area (Å²) >= 11 is 0. The number of hydrogen-bond donors (Lipinski definition) is 0. The van der Waals surface area contributed by atoms with Gasteiger partial charge in [0.25, 0.3) is 0 Å². The number of hydrogen-bond acceptors (Lipinski definition) is 11. The standard InChI is InChI=1S/C17H15N3O2S2.C13H14N2O2S2/c1-2-22-16-14(23-24-15-10-6-7-11-18-15)12-19-20(17(16)21)13-8-4-3-5-9-13;1-3-17-12-11(19-18-2)9-14-15(13(12)16)10-7-5-4-6-8-10/h3-12H,2H2,1H3;4-9H,3H2,1-2H3. The molecule has 2 aromatic carbocycles. The number of nitrogens with zero attached hydrogens (tertiary/aromatic N) is 5. The summed E-state index contributed by atoms with van der Waals surface area (Å²) in [5.41, 5.74) is 0.938. The summed E-state index contributed by atoms with van der Waals surface area (Å²) in [5.74, 6) is 0.672. The molecule has 0 aliphatic rings. The average molecular weight is 652 g/mol. The van der Waals surface area contributed by atoms with E-state index in [0.717, 1.165) is 15.6 Å². The van der Waals surface area contributed by atoms with E-state index in [9.17, 15) is 9.59 Å². The zero-order valence-electron chi connectivity index (χ0n) is 23.7. The van der Waals surface area contributed by atoms with Gasteiger partial charge in [0.1, 0.15) is 5.03 Å². The second-order valence-corrected chi connectivity index (χ2v) is 12.9. The quantitative estimate of drug-likeness (QED) is 0.141. The maximum atomic E-state index is 12.7. The maximum Gasteiger partial charge on any atom is 0.315 e. The van der Waals surface area contributed by atoms with Crippen LogP contribution in [-0.2, 0) is 0 Å². The lowest BCUT2D eigenvalue weighted by molar-refractivity contribution is 0.323. The number of rotatable bonds is 11. The van der Waals surface area contributed by atoms with Crippen molar-refractivity contribution in [1.82, 2.24) is 24.5 Å². The van der Waals surface area contributed by atoms with Crippen LogP contribution in [0.15, 0.2) is 122 Å². The smallest absolute Gasteiger partial charge is 0.315 e. The average Bonchev–Trinajstić information content (AvgIpc) is 3.05. The molecule has 222 valence electrons. The van der Waals surface area contributed by atoms with Gasteiger partial charge in [0.15, 0.2) is 0 Å². The molecule has 43 heavy (non-hydrogen) atoms. The number of pyridine rings is 1. The number of ether oxygens (including phenoxy) is 2. The van der Waals surface area contributed by atoms with Crippen molar-refractivity contribution >= 4 is 43.2 Å². The Balaban J connectivity index is 0.000000203. The third-order valence-electron chi connectivity index (χ3n) is 5.41. The van der Waals surface area contributed by atoms with Crippen molar-refractivity contribution in [1.29, 1.82) is 0 Å². The molecule has 0 saturated heterocycles. The third kappa shape index (κ3) is 8.69. The van der Waals surface area contributed by atoms with Crippen molar-refractivity contribution in [2.75, 3.05) is 19.5 Å². The molecule has 0 unspecified atom stereocenters. The van der Waals surface area contributed by atoms with Gasteiger partial charge >= 0.3 is 11.1 Å². The minimum Gasteiger partial charge on any atom is -0.487 e. The predicted molar refractivity (Wildman–Crippen MR) is 177 cm³/mol. The Morgan fingerprint density at radius 1 is 0.651 bits per heavy atom. The lowest BCUT2D eigenvalue weighted by Gasteiger charge is -2.11. The lowest BCUT2D eigenvalue weighted by Crippen LogP contribution is -2.23. The molecule has 5 rings (SSSR count). The van der Waals surface area contributed by atoms with Crippen LogP contribution >= 0.6 is 43.2 Å². The molecule has 0 fully saturated rings. The van der Waals surface area contributed by atoms with Gasteiger partial charge in [-0.15, -0.1) is 0 Å². The molecule has 0 N–H and O–H groups in total. The lowest BCUT2D eigenvalue weighted by atomic mass is 10.3. The van der Waals surface area contributed by atoms with Gasteiger partial charge in [-0.1, -0.05) is 64.1 Å². The first-order valence-corrected chi connectivity index (χ1v) is 17.8. The summed E-state index contributed by atoms with van der Waals surface area (Å²) in [6.45, 7) is 4.58. The Labute approximate surface area is 265 Å². The zero-order chi connectivity index (χ0) is 30.4. The third-order valence-corrected chi connectivity index (χ3v) is 9.35. The molecule has 0 amide bonds. The van der Waals surface area contributed by atoms with Crippen LogP contribution in [0, 0.1) is 0 Å². The van der Waals surface area contributed by atoms with Crippen molar-refractivity contribution in [2.24, 2.45) is 0 Å². The van der Waals surface area contributed by atoms with E-state index in [1.165, 1.54) is 41.7 Å². The van der Waals surface area contributed by atoms with Gasteiger partial charge in [-0.3, -0.25) is 9.59 Å². The topological polar surface area (TPSA) is 101 Å². The molecule has 0 radical (unpaired) electrons. The van der Waals surface area contributed by atoms with E-state index >= 15 is 0 Å².